The molecule has 8 heteroatoms. The molecule has 1 N–H and O–H groups in total. The Kier molecular flexibility index (Phi) is 11.4. The summed E-state index contributed by atoms with van der Waals surface area (Å²) in [7, 11) is 0. The van der Waals surface area contributed by atoms with Gasteiger partial charge in [-0.25, -0.2) is 4.79 Å². The molecule has 1 aromatic heterocycles. The Bertz CT molecular complexity index is 2780. The molecule has 0 unspecified atom stereocenters. The lowest BCUT2D eigenvalue weighted by Crippen LogP contribution is -2.15. The summed E-state index contributed by atoms with van der Waals surface area (Å²) < 4.78 is 11.8. The fraction of sp³-hybridized carbons (Fsp3) is 0.115. The zero-order valence-corrected chi connectivity index (χ0v) is 34.7. The van der Waals surface area contributed by atoms with Crippen molar-refractivity contribution in [2.75, 3.05) is 23.0 Å². The van der Waals surface area contributed by atoms with E-state index in [9.17, 15) is 15.2 Å². The summed E-state index contributed by atoms with van der Waals surface area (Å²) in [6, 6.07) is 51.3. The Morgan fingerprint density at radius 3 is 1.55 bits per heavy atom. The molecule has 296 valence electrons. The maximum absolute atomic E-state index is 11.5. The molecule has 1 aliphatic rings. The quantitative estimate of drug-likeness (QED) is 0.103. The first-order valence-corrected chi connectivity index (χ1v) is 20.5. The van der Waals surface area contributed by atoms with E-state index >= 15 is 0 Å². The average molecular weight is 806 g/mol. The lowest BCUT2D eigenvalue weighted by Gasteiger charge is -2.28. The number of carbonyl (C=O) groups is 1. The smallest absolute Gasteiger partial charge is 0.346 e. The number of nitriles is 1. The molecule has 1 aliphatic heterocycles. The zero-order valence-electron chi connectivity index (χ0n) is 33.8. The Balaban J connectivity index is 1.07. The number of carboxylic acid groups (broad SMARTS) is 1. The summed E-state index contributed by atoms with van der Waals surface area (Å²) in [5, 5.41) is 18.7. The van der Waals surface area contributed by atoms with E-state index in [1.165, 1.54) is 39.7 Å². The maximum atomic E-state index is 11.5. The van der Waals surface area contributed by atoms with Crippen LogP contribution in [0.5, 0.6) is 11.5 Å². The number of anilines is 6. The van der Waals surface area contributed by atoms with Crippen molar-refractivity contribution >= 4 is 69.7 Å². The fourth-order valence-electron chi connectivity index (χ4n) is 7.53. The molecule has 7 nitrogen and oxygen atoms in total. The molecule has 0 atom stereocenters. The predicted octanol–water partition coefficient (Wildman–Crippen LogP) is 13.5. The Labute approximate surface area is 355 Å². The minimum Gasteiger partial charge on any atom is -0.485 e. The highest BCUT2D eigenvalue weighted by Gasteiger charge is 2.24. The first-order chi connectivity index (χ1) is 29.2. The lowest BCUT2D eigenvalue weighted by atomic mass is 10.0. The van der Waals surface area contributed by atoms with E-state index in [0.717, 1.165) is 55.7 Å². The molecule has 8 rings (SSSR count). The first-order valence-electron chi connectivity index (χ1n) is 19.7. The van der Waals surface area contributed by atoms with Gasteiger partial charge in [-0.3, -0.25) is 0 Å². The van der Waals surface area contributed by atoms with E-state index in [2.05, 4.69) is 171 Å². The summed E-state index contributed by atoms with van der Waals surface area (Å²) >= 11 is 1.32. The van der Waals surface area contributed by atoms with Crippen LogP contribution in [0.3, 0.4) is 0 Å². The van der Waals surface area contributed by atoms with Crippen molar-refractivity contribution in [2.45, 2.75) is 27.7 Å². The molecule has 2 heterocycles. The Hall–Kier alpha value is -7.34. The van der Waals surface area contributed by atoms with Crippen LogP contribution in [0.4, 0.5) is 34.1 Å². The SMILES string of the molecule is Cc1ccc(N(c2ccccc2)c2ccc(-c3ccc(N(c4ccc(/C=C/c5sc(/C=C(\C#N)C(=O)O)c6c5OCCO6)cc4)c4ccc(C)cc4C)cc3)cc2)c(C)c1. The maximum Gasteiger partial charge on any atom is 0.346 e. The number of ether oxygens (including phenoxy) is 2. The van der Waals surface area contributed by atoms with E-state index in [0.29, 0.717) is 29.6 Å². The zero-order chi connectivity index (χ0) is 41.8. The Morgan fingerprint density at radius 2 is 1.08 bits per heavy atom. The number of thiophene rings is 1. The van der Waals surface area contributed by atoms with Crippen LogP contribution in [0.15, 0.2) is 145 Å². The van der Waals surface area contributed by atoms with E-state index in [-0.39, 0.29) is 5.57 Å². The Morgan fingerprint density at radius 1 is 0.617 bits per heavy atom. The van der Waals surface area contributed by atoms with Crippen LogP contribution < -0.4 is 19.3 Å². The number of hydrogen-bond donors (Lipinski definition) is 1. The highest BCUT2D eigenvalue weighted by molar-refractivity contribution is 7.14. The highest BCUT2D eigenvalue weighted by Crippen LogP contribution is 2.46. The molecule has 0 saturated heterocycles. The monoisotopic (exact) mass is 805 g/mol. The molecule has 0 radical (unpaired) electrons. The molecule has 6 aromatic carbocycles. The van der Waals surface area contributed by atoms with Gasteiger partial charge in [-0.05, 0) is 128 Å². The third-order valence-electron chi connectivity index (χ3n) is 10.4. The van der Waals surface area contributed by atoms with Gasteiger partial charge in [0.2, 0.25) is 0 Å². The van der Waals surface area contributed by atoms with Crippen LogP contribution in [0.1, 0.15) is 37.6 Å². The number of nitrogens with zero attached hydrogens (tertiary/aromatic N) is 3. The number of hydrogen-bond acceptors (Lipinski definition) is 7. The summed E-state index contributed by atoms with van der Waals surface area (Å²) in [6.07, 6.45) is 5.27. The van der Waals surface area contributed by atoms with Gasteiger partial charge in [0.1, 0.15) is 24.9 Å². The summed E-state index contributed by atoms with van der Waals surface area (Å²) in [4.78, 5) is 17.4. The van der Waals surface area contributed by atoms with Crippen LogP contribution in [-0.4, -0.2) is 24.3 Å². The van der Waals surface area contributed by atoms with Gasteiger partial charge in [-0.1, -0.05) is 96.1 Å². The predicted molar refractivity (Wildman–Crippen MR) is 246 cm³/mol. The van der Waals surface area contributed by atoms with Crippen molar-refractivity contribution in [3.05, 3.63) is 183 Å². The molecular weight excluding hydrogens is 763 g/mol. The number of fused-ring (bicyclic) bond motifs is 1. The van der Waals surface area contributed by atoms with Crippen molar-refractivity contribution < 1.29 is 19.4 Å². The average Bonchev–Trinajstić information content (AvgIpc) is 3.62. The van der Waals surface area contributed by atoms with Crippen molar-refractivity contribution in [2.24, 2.45) is 0 Å². The van der Waals surface area contributed by atoms with E-state index < -0.39 is 5.97 Å². The number of aliphatic carboxylic acids is 1. The largest absolute Gasteiger partial charge is 0.485 e. The summed E-state index contributed by atoms with van der Waals surface area (Å²) in [5.74, 6) is -0.268. The molecular formula is C52H43N3O4S. The number of carboxylic acids is 1. The second-order valence-corrected chi connectivity index (χ2v) is 15.8. The summed E-state index contributed by atoms with van der Waals surface area (Å²) in [5.41, 5.74) is 14.2. The lowest BCUT2D eigenvalue weighted by molar-refractivity contribution is -0.132. The fourth-order valence-corrected chi connectivity index (χ4v) is 8.57. The van der Waals surface area contributed by atoms with Crippen LogP contribution >= 0.6 is 11.3 Å². The number of rotatable bonds is 11. The van der Waals surface area contributed by atoms with Crippen LogP contribution in [0, 0.1) is 39.0 Å². The first kappa shape index (κ1) is 39.5. The second kappa shape index (κ2) is 17.3. The van der Waals surface area contributed by atoms with Gasteiger partial charge in [0.15, 0.2) is 11.5 Å². The van der Waals surface area contributed by atoms with Gasteiger partial charge in [-0.2, -0.15) is 5.26 Å². The molecule has 60 heavy (non-hydrogen) atoms. The standard InChI is InChI=1S/C52H43N3O4S/c1-34-10-25-46(36(3)30-34)54(42-8-6-5-7-9-42)44-21-15-39(16-22-44)40-17-23-45(24-18-40)55(47-26-11-35(2)31-37(47)4)43-19-12-38(13-20-43)14-27-48-50-51(59-29-28-58-50)49(60-48)32-41(33-53)52(56)57/h5-27,30-32H,28-29H2,1-4H3,(H,56,57)/b27-14+,41-32+. The van der Waals surface area contributed by atoms with Gasteiger partial charge < -0.3 is 24.4 Å². The van der Waals surface area contributed by atoms with Gasteiger partial charge in [0.25, 0.3) is 0 Å². The third-order valence-corrected chi connectivity index (χ3v) is 11.5. The van der Waals surface area contributed by atoms with Crippen LogP contribution in [0.25, 0.3) is 29.4 Å². The van der Waals surface area contributed by atoms with E-state index in [4.69, 9.17) is 9.47 Å². The molecule has 0 fully saturated rings. The number of benzene rings is 6. The molecule has 0 amide bonds. The van der Waals surface area contributed by atoms with Gasteiger partial charge in [-0.15, -0.1) is 11.3 Å². The minimum atomic E-state index is -1.29. The van der Waals surface area contributed by atoms with Crippen LogP contribution in [0.2, 0.25) is 0 Å². The van der Waals surface area contributed by atoms with Gasteiger partial charge in [0, 0.05) is 34.1 Å². The molecule has 0 bridgehead atoms. The number of aryl methyl sites for hydroxylation is 4. The van der Waals surface area contributed by atoms with Gasteiger partial charge in [0.05, 0.1) is 9.75 Å². The molecule has 7 aromatic rings. The van der Waals surface area contributed by atoms with E-state index in [1.807, 2.05) is 18.2 Å². The molecule has 0 aliphatic carbocycles. The number of para-hydroxylation sites is 1. The van der Waals surface area contributed by atoms with Crippen LogP contribution in [-0.2, 0) is 4.79 Å². The normalized spacial score (nSPS) is 12.3. The third kappa shape index (κ3) is 8.30. The van der Waals surface area contributed by atoms with Crippen molar-refractivity contribution in [3.8, 4) is 28.7 Å². The molecule has 0 spiro atoms. The van der Waals surface area contributed by atoms with E-state index in [1.54, 1.807) is 6.07 Å². The highest BCUT2D eigenvalue weighted by atomic mass is 32.1. The van der Waals surface area contributed by atoms with Gasteiger partial charge >= 0.3 is 5.97 Å². The minimum absolute atomic E-state index is 0.347. The van der Waals surface area contributed by atoms with Crippen molar-refractivity contribution in [1.29, 1.82) is 5.26 Å². The second-order valence-electron chi connectivity index (χ2n) is 14.8. The topological polar surface area (TPSA) is 86.0 Å². The van der Waals surface area contributed by atoms with Crippen molar-refractivity contribution in [1.82, 2.24) is 0 Å². The molecule has 0 saturated carbocycles. The summed E-state index contributed by atoms with van der Waals surface area (Å²) in [6.45, 7) is 9.28. The van der Waals surface area contributed by atoms with Crippen molar-refractivity contribution in [3.63, 3.8) is 0 Å².